The molecule has 0 saturated heterocycles. The molecular weight excluding hydrogens is 242 g/mol. The van der Waals surface area contributed by atoms with E-state index in [0.29, 0.717) is 5.82 Å². The first-order valence-corrected chi connectivity index (χ1v) is 6.46. The van der Waals surface area contributed by atoms with Crippen LogP contribution in [0.3, 0.4) is 0 Å². The highest BCUT2D eigenvalue weighted by molar-refractivity contribution is 5.68. The van der Waals surface area contributed by atoms with Gasteiger partial charge in [-0.1, -0.05) is 20.8 Å². The molecule has 2 N–H and O–H groups in total. The molecule has 106 valence electrons. The lowest BCUT2D eigenvalue weighted by atomic mass is 9.87. The Morgan fingerprint density at radius 2 is 2.00 bits per heavy atom. The number of aryl methyl sites for hydroxylation is 2. The van der Waals surface area contributed by atoms with Crippen molar-refractivity contribution in [2.24, 2.45) is 5.41 Å². The average Bonchev–Trinajstić information content (AvgIpc) is 2.20. The molecule has 19 heavy (non-hydrogen) atoms. The molecule has 1 rings (SSSR count). The number of carboxylic acid groups (broad SMARTS) is 1. The van der Waals surface area contributed by atoms with Gasteiger partial charge in [0, 0.05) is 6.04 Å². The van der Waals surface area contributed by atoms with Gasteiger partial charge in [0.25, 0.3) is 0 Å². The summed E-state index contributed by atoms with van der Waals surface area (Å²) >= 11 is 0. The Bertz CT molecular complexity index is 452. The number of rotatable bonds is 5. The summed E-state index contributed by atoms with van der Waals surface area (Å²) in [6.45, 7) is 10.1. The molecule has 0 saturated carbocycles. The minimum Gasteiger partial charge on any atom is -0.481 e. The lowest BCUT2D eigenvalue weighted by molar-refractivity contribution is -0.137. The van der Waals surface area contributed by atoms with Crippen LogP contribution in [0.4, 0.5) is 5.82 Å². The van der Waals surface area contributed by atoms with Crippen LogP contribution in [-0.4, -0.2) is 27.1 Å². The summed E-state index contributed by atoms with van der Waals surface area (Å²) in [4.78, 5) is 19.5. The van der Waals surface area contributed by atoms with Gasteiger partial charge in [-0.25, -0.2) is 4.98 Å². The molecular formula is C14H23N3O2. The van der Waals surface area contributed by atoms with Gasteiger partial charge in [0.15, 0.2) is 0 Å². The van der Waals surface area contributed by atoms with Crippen LogP contribution in [0, 0.1) is 19.3 Å². The average molecular weight is 265 g/mol. The SMILES string of the molecule is Cc1ncc(NC(CC(=O)O)CC(C)(C)C)nc1C. The maximum absolute atomic E-state index is 10.9. The van der Waals surface area contributed by atoms with Crippen molar-refractivity contribution in [1.29, 1.82) is 0 Å². The van der Waals surface area contributed by atoms with Crippen molar-refractivity contribution in [1.82, 2.24) is 9.97 Å². The first kappa shape index (κ1) is 15.4. The monoisotopic (exact) mass is 265 g/mol. The molecule has 1 atom stereocenters. The standard InChI is InChI=1S/C14H23N3O2/c1-9-10(2)16-12(8-15-9)17-11(6-13(18)19)7-14(3,4)5/h8,11H,6-7H2,1-5H3,(H,16,17)(H,18,19). The quantitative estimate of drug-likeness (QED) is 0.856. The Kier molecular flexibility index (Phi) is 4.86. The molecule has 0 fully saturated rings. The summed E-state index contributed by atoms with van der Waals surface area (Å²) in [5, 5.41) is 12.2. The number of nitrogens with one attached hydrogen (secondary N) is 1. The summed E-state index contributed by atoms with van der Waals surface area (Å²) in [6.07, 6.45) is 2.49. The van der Waals surface area contributed by atoms with E-state index in [0.717, 1.165) is 17.8 Å². The number of aromatic nitrogens is 2. The van der Waals surface area contributed by atoms with E-state index < -0.39 is 5.97 Å². The van der Waals surface area contributed by atoms with Gasteiger partial charge in [-0.2, -0.15) is 0 Å². The van der Waals surface area contributed by atoms with Crippen LogP contribution in [0.2, 0.25) is 0 Å². The third-order valence-corrected chi connectivity index (χ3v) is 2.82. The van der Waals surface area contributed by atoms with E-state index in [-0.39, 0.29) is 17.9 Å². The second-order valence-electron chi connectivity index (χ2n) is 6.13. The zero-order valence-electron chi connectivity index (χ0n) is 12.3. The number of hydrogen-bond donors (Lipinski definition) is 2. The second-order valence-corrected chi connectivity index (χ2v) is 6.13. The molecule has 1 aromatic rings. The third kappa shape index (κ3) is 5.68. The van der Waals surface area contributed by atoms with E-state index in [1.54, 1.807) is 6.20 Å². The van der Waals surface area contributed by atoms with Gasteiger partial charge < -0.3 is 10.4 Å². The fraction of sp³-hybridized carbons (Fsp3) is 0.643. The number of anilines is 1. The van der Waals surface area contributed by atoms with Crippen LogP contribution in [0.25, 0.3) is 0 Å². The van der Waals surface area contributed by atoms with Crippen LogP contribution in [0.1, 0.15) is 45.0 Å². The van der Waals surface area contributed by atoms with Crippen LogP contribution >= 0.6 is 0 Å². The molecule has 0 aliphatic rings. The minimum atomic E-state index is -0.807. The smallest absolute Gasteiger partial charge is 0.305 e. The maximum Gasteiger partial charge on any atom is 0.305 e. The molecule has 0 radical (unpaired) electrons. The lowest BCUT2D eigenvalue weighted by Gasteiger charge is -2.26. The van der Waals surface area contributed by atoms with Crippen molar-refractivity contribution >= 4 is 11.8 Å². The van der Waals surface area contributed by atoms with Gasteiger partial charge in [0.05, 0.1) is 24.0 Å². The Morgan fingerprint density at radius 3 is 2.47 bits per heavy atom. The predicted molar refractivity (Wildman–Crippen MR) is 75.2 cm³/mol. The highest BCUT2D eigenvalue weighted by Crippen LogP contribution is 2.24. The summed E-state index contributed by atoms with van der Waals surface area (Å²) in [5.74, 6) is -0.169. The summed E-state index contributed by atoms with van der Waals surface area (Å²) < 4.78 is 0. The molecule has 0 aliphatic carbocycles. The van der Waals surface area contributed by atoms with Crippen LogP contribution < -0.4 is 5.32 Å². The zero-order chi connectivity index (χ0) is 14.6. The van der Waals surface area contributed by atoms with E-state index in [1.807, 2.05) is 13.8 Å². The van der Waals surface area contributed by atoms with Crippen molar-refractivity contribution in [3.05, 3.63) is 17.6 Å². The number of nitrogens with zero attached hydrogens (tertiary/aromatic N) is 2. The van der Waals surface area contributed by atoms with Gasteiger partial charge in [0.2, 0.25) is 0 Å². The Morgan fingerprint density at radius 1 is 1.37 bits per heavy atom. The summed E-state index contributed by atoms with van der Waals surface area (Å²) in [6, 6.07) is -0.145. The van der Waals surface area contributed by atoms with Crippen molar-refractivity contribution in [3.8, 4) is 0 Å². The van der Waals surface area contributed by atoms with Gasteiger partial charge in [-0.3, -0.25) is 9.78 Å². The van der Waals surface area contributed by atoms with E-state index in [4.69, 9.17) is 5.11 Å². The lowest BCUT2D eigenvalue weighted by Crippen LogP contribution is -2.28. The molecule has 0 aromatic carbocycles. The topological polar surface area (TPSA) is 75.1 Å². The number of aliphatic carboxylic acids is 1. The molecule has 1 heterocycles. The van der Waals surface area contributed by atoms with Crippen LogP contribution in [0.15, 0.2) is 6.20 Å². The first-order valence-electron chi connectivity index (χ1n) is 6.46. The Hall–Kier alpha value is -1.65. The number of hydrogen-bond acceptors (Lipinski definition) is 4. The van der Waals surface area contributed by atoms with Gasteiger partial charge in [-0.05, 0) is 25.7 Å². The van der Waals surface area contributed by atoms with Crippen molar-refractivity contribution in [2.45, 2.75) is 53.5 Å². The zero-order valence-corrected chi connectivity index (χ0v) is 12.3. The molecule has 0 spiro atoms. The third-order valence-electron chi connectivity index (χ3n) is 2.82. The predicted octanol–water partition coefficient (Wildman–Crippen LogP) is 2.78. The molecule has 0 aliphatic heterocycles. The normalized spacial score (nSPS) is 13.1. The highest BCUT2D eigenvalue weighted by atomic mass is 16.4. The van der Waals surface area contributed by atoms with E-state index in [1.165, 1.54) is 0 Å². The Balaban J connectivity index is 2.81. The van der Waals surface area contributed by atoms with Crippen molar-refractivity contribution in [3.63, 3.8) is 0 Å². The van der Waals surface area contributed by atoms with Gasteiger partial charge in [0.1, 0.15) is 5.82 Å². The molecule has 5 heteroatoms. The number of carbonyl (C=O) groups is 1. The fourth-order valence-electron chi connectivity index (χ4n) is 1.94. The molecule has 1 aromatic heterocycles. The van der Waals surface area contributed by atoms with Gasteiger partial charge in [-0.15, -0.1) is 0 Å². The fourth-order valence-corrected chi connectivity index (χ4v) is 1.94. The van der Waals surface area contributed by atoms with Crippen molar-refractivity contribution in [2.75, 3.05) is 5.32 Å². The second kappa shape index (κ2) is 5.99. The Labute approximate surface area is 114 Å². The van der Waals surface area contributed by atoms with Crippen LogP contribution in [-0.2, 0) is 4.79 Å². The number of carboxylic acids is 1. The maximum atomic E-state index is 10.9. The highest BCUT2D eigenvalue weighted by Gasteiger charge is 2.21. The van der Waals surface area contributed by atoms with E-state index >= 15 is 0 Å². The molecule has 1 unspecified atom stereocenters. The summed E-state index contributed by atoms with van der Waals surface area (Å²) in [5.41, 5.74) is 1.80. The van der Waals surface area contributed by atoms with E-state index in [2.05, 4.69) is 36.1 Å². The van der Waals surface area contributed by atoms with Crippen LogP contribution in [0.5, 0.6) is 0 Å². The minimum absolute atomic E-state index is 0.0558. The van der Waals surface area contributed by atoms with E-state index in [9.17, 15) is 4.79 Å². The van der Waals surface area contributed by atoms with Crippen molar-refractivity contribution < 1.29 is 9.90 Å². The first-order chi connectivity index (χ1) is 8.67. The molecule has 0 bridgehead atoms. The molecule has 5 nitrogen and oxygen atoms in total. The van der Waals surface area contributed by atoms with Gasteiger partial charge >= 0.3 is 5.97 Å². The largest absolute Gasteiger partial charge is 0.481 e. The molecule has 0 amide bonds. The summed E-state index contributed by atoms with van der Waals surface area (Å²) in [7, 11) is 0.